The summed E-state index contributed by atoms with van der Waals surface area (Å²) in [5.74, 6) is -1.32. The molecule has 2 unspecified atom stereocenters. The number of hydrogen-bond donors (Lipinski definition) is 3. The Morgan fingerprint density at radius 3 is 2.63 bits per heavy atom. The van der Waals surface area contributed by atoms with Gasteiger partial charge >= 0.3 is 10.8 Å². The Morgan fingerprint density at radius 2 is 2.16 bits per heavy atom. The summed E-state index contributed by atoms with van der Waals surface area (Å²) in [5.41, 5.74) is 0.167. The minimum absolute atomic E-state index is 0.160. The zero-order chi connectivity index (χ0) is 14.4. The average Bonchev–Trinajstić information content (AvgIpc) is 2.82. The highest BCUT2D eigenvalue weighted by Gasteiger charge is 2.44. The number of aromatic amines is 1. The molecule has 1 fully saturated rings. The van der Waals surface area contributed by atoms with E-state index in [0.29, 0.717) is 11.3 Å². The molecule has 0 amide bonds. The molecule has 0 spiro atoms. The van der Waals surface area contributed by atoms with Crippen molar-refractivity contribution in [2.75, 3.05) is 6.54 Å². The zero-order valence-corrected chi connectivity index (χ0v) is 11.5. The quantitative estimate of drug-likeness (QED) is 0.654. The van der Waals surface area contributed by atoms with Crippen LogP contribution in [0.1, 0.15) is 12.1 Å². The monoisotopic (exact) mass is 308 g/mol. The standard InChI is InChI=1S/C9H12N2O6S2/c1-4-8(18-9(15)10-4)19(16,17)11-3-5(12)2-6(11)7(13)14/h5-6,12H,2-3H2,1H3,(H,10,15)(H,13,14). The number of nitrogens with one attached hydrogen (secondary N) is 1. The second-order valence-corrected chi connectivity index (χ2v) is 7.31. The van der Waals surface area contributed by atoms with Gasteiger partial charge in [0.1, 0.15) is 6.04 Å². The van der Waals surface area contributed by atoms with Crippen molar-refractivity contribution in [1.29, 1.82) is 0 Å². The van der Waals surface area contributed by atoms with Crippen molar-refractivity contribution in [3.63, 3.8) is 0 Å². The van der Waals surface area contributed by atoms with Crippen LogP contribution in [-0.4, -0.2) is 52.6 Å². The minimum atomic E-state index is -4.10. The number of nitrogens with zero attached hydrogens (tertiary/aromatic N) is 1. The fraction of sp³-hybridized carbons (Fsp3) is 0.556. The van der Waals surface area contributed by atoms with Gasteiger partial charge in [-0.3, -0.25) is 9.59 Å². The predicted octanol–water partition coefficient (Wildman–Crippen LogP) is -1.05. The number of carbonyl (C=O) groups is 1. The highest BCUT2D eigenvalue weighted by molar-refractivity contribution is 7.91. The molecule has 3 N–H and O–H groups in total. The molecule has 1 aromatic heterocycles. The molecule has 10 heteroatoms. The van der Waals surface area contributed by atoms with Gasteiger partial charge in [0, 0.05) is 18.7 Å². The number of aromatic nitrogens is 1. The van der Waals surface area contributed by atoms with Crippen LogP contribution >= 0.6 is 11.3 Å². The summed E-state index contributed by atoms with van der Waals surface area (Å²) in [6.45, 7) is 1.14. The van der Waals surface area contributed by atoms with E-state index in [1.54, 1.807) is 0 Å². The summed E-state index contributed by atoms with van der Waals surface area (Å²) in [5, 5.41) is 18.5. The first kappa shape index (κ1) is 14.2. The Hall–Kier alpha value is -1.23. The predicted molar refractivity (Wildman–Crippen MR) is 65.6 cm³/mol. The molecule has 8 nitrogen and oxygen atoms in total. The highest BCUT2D eigenvalue weighted by Crippen LogP contribution is 2.28. The van der Waals surface area contributed by atoms with Crippen molar-refractivity contribution in [3.05, 3.63) is 15.4 Å². The van der Waals surface area contributed by atoms with E-state index < -0.39 is 33.0 Å². The first-order valence-electron chi connectivity index (χ1n) is 5.36. The van der Waals surface area contributed by atoms with E-state index in [-0.39, 0.29) is 22.9 Å². The molecule has 0 saturated carbocycles. The second kappa shape index (κ2) is 4.71. The Kier molecular flexibility index (Phi) is 3.51. The second-order valence-electron chi connectivity index (χ2n) is 4.25. The van der Waals surface area contributed by atoms with Crippen LogP contribution in [0, 0.1) is 6.92 Å². The lowest BCUT2D eigenvalue weighted by Crippen LogP contribution is -2.40. The number of aliphatic hydroxyl groups excluding tert-OH is 1. The number of H-pyrrole nitrogens is 1. The molecule has 1 aliphatic heterocycles. The van der Waals surface area contributed by atoms with Crippen LogP contribution in [0.2, 0.25) is 0 Å². The van der Waals surface area contributed by atoms with E-state index in [1.165, 1.54) is 6.92 Å². The largest absolute Gasteiger partial charge is 0.480 e. The van der Waals surface area contributed by atoms with Crippen LogP contribution in [0.4, 0.5) is 0 Å². The van der Waals surface area contributed by atoms with Crippen LogP contribution in [0.25, 0.3) is 0 Å². The number of thiazole rings is 1. The number of β-amino-alcohol motifs (C(OH)–C–C–N with tert-alkyl or cyclic N) is 1. The number of carboxylic acids is 1. The van der Waals surface area contributed by atoms with Crippen molar-refractivity contribution < 1.29 is 23.4 Å². The van der Waals surface area contributed by atoms with Gasteiger partial charge in [-0.25, -0.2) is 8.42 Å². The fourth-order valence-electron chi connectivity index (χ4n) is 2.02. The summed E-state index contributed by atoms with van der Waals surface area (Å²) >= 11 is 0.508. The van der Waals surface area contributed by atoms with Gasteiger partial charge in [0.15, 0.2) is 4.21 Å². The third kappa shape index (κ3) is 2.43. The molecule has 2 rings (SSSR count). The van der Waals surface area contributed by atoms with Gasteiger partial charge < -0.3 is 15.2 Å². The van der Waals surface area contributed by atoms with Gasteiger partial charge in [0.05, 0.1) is 6.10 Å². The van der Waals surface area contributed by atoms with Crippen molar-refractivity contribution in [2.45, 2.75) is 29.7 Å². The lowest BCUT2D eigenvalue weighted by Gasteiger charge is -2.19. The molecule has 106 valence electrons. The van der Waals surface area contributed by atoms with Gasteiger partial charge in [-0.15, -0.1) is 0 Å². The van der Waals surface area contributed by atoms with Gasteiger partial charge in [-0.05, 0) is 6.92 Å². The van der Waals surface area contributed by atoms with Crippen molar-refractivity contribution >= 4 is 27.3 Å². The van der Waals surface area contributed by atoms with Crippen LogP contribution in [0.3, 0.4) is 0 Å². The third-order valence-electron chi connectivity index (χ3n) is 2.84. The number of aryl methyl sites for hydroxylation is 1. The van der Waals surface area contributed by atoms with E-state index in [1.807, 2.05) is 0 Å². The van der Waals surface area contributed by atoms with Crippen molar-refractivity contribution in [3.8, 4) is 0 Å². The molecule has 0 aromatic carbocycles. The van der Waals surface area contributed by atoms with Crippen LogP contribution in [-0.2, 0) is 14.8 Å². The van der Waals surface area contributed by atoms with E-state index in [4.69, 9.17) is 5.11 Å². The smallest absolute Gasteiger partial charge is 0.322 e. The Morgan fingerprint density at radius 1 is 1.53 bits per heavy atom. The van der Waals surface area contributed by atoms with E-state index in [0.717, 1.165) is 4.31 Å². The van der Waals surface area contributed by atoms with Gasteiger partial charge in [-0.2, -0.15) is 4.31 Å². The van der Waals surface area contributed by atoms with Crippen molar-refractivity contribution in [2.24, 2.45) is 0 Å². The number of carboxylic acid groups (broad SMARTS) is 1. The maximum atomic E-state index is 12.3. The van der Waals surface area contributed by atoms with Crippen LogP contribution < -0.4 is 4.87 Å². The number of aliphatic carboxylic acids is 1. The summed E-state index contributed by atoms with van der Waals surface area (Å²) in [7, 11) is -4.10. The normalized spacial score (nSPS) is 24.7. The first-order chi connectivity index (χ1) is 8.73. The topological polar surface area (TPSA) is 128 Å². The van der Waals surface area contributed by atoms with Gasteiger partial charge in [0.2, 0.25) is 0 Å². The molecule has 2 atom stereocenters. The molecule has 1 aromatic rings. The fourth-order valence-corrected chi connectivity index (χ4v) is 5.06. The first-order valence-corrected chi connectivity index (χ1v) is 7.61. The number of hydrogen-bond acceptors (Lipinski definition) is 6. The molecule has 0 radical (unpaired) electrons. The maximum absolute atomic E-state index is 12.3. The Bertz CT molecular complexity index is 660. The third-order valence-corrected chi connectivity index (χ3v) is 6.30. The lowest BCUT2D eigenvalue weighted by molar-refractivity contribution is -0.140. The number of rotatable bonds is 3. The molecule has 2 heterocycles. The lowest BCUT2D eigenvalue weighted by atomic mass is 10.2. The Labute approximate surface area is 112 Å². The van der Waals surface area contributed by atoms with E-state index >= 15 is 0 Å². The molecule has 0 bridgehead atoms. The Balaban J connectivity index is 2.47. The molecule has 0 aliphatic carbocycles. The zero-order valence-electron chi connectivity index (χ0n) is 9.86. The molecule has 1 aliphatic rings. The minimum Gasteiger partial charge on any atom is -0.480 e. The molecular formula is C9H12N2O6S2. The summed E-state index contributed by atoms with van der Waals surface area (Å²) in [6, 6.07) is -1.31. The van der Waals surface area contributed by atoms with Crippen molar-refractivity contribution in [1.82, 2.24) is 9.29 Å². The number of aliphatic hydroxyl groups is 1. The van der Waals surface area contributed by atoms with E-state index in [9.17, 15) is 23.1 Å². The van der Waals surface area contributed by atoms with Crippen LogP contribution in [0.15, 0.2) is 9.00 Å². The maximum Gasteiger partial charge on any atom is 0.322 e. The highest BCUT2D eigenvalue weighted by atomic mass is 32.2. The summed E-state index contributed by atoms with van der Waals surface area (Å²) < 4.78 is 25.2. The summed E-state index contributed by atoms with van der Waals surface area (Å²) in [4.78, 5) is 24.0. The molecule has 19 heavy (non-hydrogen) atoms. The summed E-state index contributed by atoms with van der Waals surface area (Å²) in [6.07, 6.45) is -1.18. The molecular weight excluding hydrogens is 296 g/mol. The molecule has 1 saturated heterocycles. The number of sulfonamides is 1. The van der Waals surface area contributed by atoms with Gasteiger partial charge in [-0.1, -0.05) is 11.3 Å². The van der Waals surface area contributed by atoms with Crippen LogP contribution in [0.5, 0.6) is 0 Å². The average molecular weight is 308 g/mol. The van der Waals surface area contributed by atoms with E-state index in [2.05, 4.69) is 4.98 Å². The van der Waals surface area contributed by atoms with Gasteiger partial charge in [0.25, 0.3) is 10.0 Å². The SMILES string of the molecule is Cc1[nH]c(=O)sc1S(=O)(=O)N1CC(O)CC1C(=O)O.